The third kappa shape index (κ3) is 37.1. The minimum absolute atomic E-state index is 0.0967. The number of unbranched alkanes of at least 4 members (excludes halogenated alkanes) is 6. The molecule has 0 spiro atoms. The highest BCUT2D eigenvalue weighted by Gasteiger charge is 2.28. The van der Waals surface area contributed by atoms with Crippen LogP contribution in [0, 0.1) is 5.92 Å². The van der Waals surface area contributed by atoms with Crippen LogP contribution in [0.4, 0.5) is 0 Å². The lowest BCUT2D eigenvalue weighted by Crippen LogP contribution is -2.30. The van der Waals surface area contributed by atoms with Gasteiger partial charge in [0.1, 0.15) is 12.7 Å². The van der Waals surface area contributed by atoms with Gasteiger partial charge in [-0.15, -0.1) is 0 Å². The highest BCUT2D eigenvalue weighted by atomic mass is 31.2. The monoisotopic (exact) mass is 822 g/mol. The minimum atomic E-state index is -4.87. The van der Waals surface area contributed by atoms with Crippen molar-refractivity contribution in [2.45, 2.75) is 142 Å². The molecule has 0 saturated heterocycles. The van der Waals surface area contributed by atoms with Gasteiger partial charge in [-0.3, -0.25) is 23.2 Å². The highest BCUT2D eigenvalue weighted by molar-refractivity contribution is 7.47. The SMILES string of the molecule is CC/C=C\C(O)C/C=C/C=C\C/C=C\C/C=C\CCCC(=O)OC[C@H](COP(=O)(O)OC[C@@H](O)COP(=O)(O)O)OC(=O)CCCCCCCCC(C)CC. The summed E-state index contributed by atoms with van der Waals surface area (Å²) in [6.07, 6.45) is 28.9. The Morgan fingerprint density at radius 1 is 0.673 bits per heavy atom. The van der Waals surface area contributed by atoms with Crippen LogP contribution in [0.5, 0.6) is 0 Å². The number of rotatable bonds is 35. The lowest BCUT2D eigenvalue weighted by molar-refractivity contribution is -0.161. The number of ether oxygens (including phenoxy) is 2. The zero-order valence-corrected chi connectivity index (χ0v) is 34.8. The number of allylic oxidation sites excluding steroid dienone is 8. The van der Waals surface area contributed by atoms with Crippen LogP contribution >= 0.6 is 15.6 Å². The van der Waals surface area contributed by atoms with Crippen LogP contribution in [0.15, 0.2) is 60.8 Å². The first-order chi connectivity index (χ1) is 26.2. The third-order valence-electron chi connectivity index (χ3n) is 8.03. The van der Waals surface area contributed by atoms with Crippen molar-refractivity contribution in [2.24, 2.45) is 5.92 Å². The molecule has 0 saturated carbocycles. The van der Waals surface area contributed by atoms with Crippen LogP contribution < -0.4 is 0 Å². The number of aliphatic hydroxyl groups is 2. The fourth-order valence-electron chi connectivity index (χ4n) is 4.67. The van der Waals surface area contributed by atoms with E-state index in [-0.39, 0.29) is 12.8 Å². The fourth-order valence-corrected chi connectivity index (χ4v) is 5.83. The Balaban J connectivity index is 4.69. The molecule has 3 unspecified atom stereocenters. The predicted molar refractivity (Wildman–Crippen MR) is 213 cm³/mol. The predicted octanol–water partition coefficient (Wildman–Crippen LogP) is 8.10. The number of hydrogen-bond acceptors (Lipinski definition) is 11. The fraction of sp³-hybridized carbons (Fsp3) is 0.692. The summed E-state index contributed by atoms with van der Waals surface area (Å²) >= 11 is 0. The molecular formula is C39H68O14P2. The first-order valence-corrected chi connectivity index (χ1v) is 22.5. The number of esters is 2. The maximum atomic E-state index is 12.6. The molecule has 0 aromatic heterocycles. The van der Waals surface area contributed by atoms with Crippen molar-refractivity contribution in [3.63, 3.8) is 0 Å². The zero-order chi connectivity index (χ0) is 41.2. The Bertz CT molecular complexity index is 1240. The normalized spacial score (nSPS) is 16.0. The number of aliphatic hydroxyl groups excluding tert-OH is 2. The summed E-state index contributed by atoms with van der Waals surface area (Å²) in [5.41, 5.74) is 0. The lowest BCUT2D eigenvalue weighted by atomic mass is 10.00. The van der Waals surface area contributed by atoms with Gasteiger partial charge in [0.25, 0.3) is 0 Å². The van der Waals surface area contributed by atoms with Gasteiger partial charge in [0.05, 0.1) is 25.9 Å². The molecule has 55 heavy (non-hydrogen) atoms. The van der Waals surface area contributed by atoms with Crippen molar-refractivity contribution < 1.29 is 66.7 Å². The molecule has 0 radical (unpaired) electrons. The van der Waals surface area contributed by atoms with E-state index in [1.54, 1.807) is 6.08 Å². The lowest BCUT2D eigenvalue weighted by Gasteiger charge is -2.20. The van der Waals surface area contributed by atoms with Crippen LogP contribution in [0.3, 0.4) is 0 Å². The molecule has 0 aliphatic carbocycles. The maximum Gasteiger partial charge on any atom is 0.472 e. The van der Waals surface area contributed by atoms with Gasteiger partial charge in [0.2, 0.25) is 0 Å². The zero-order valence-electron chi connectivity index (χ0n) is 33.0. The first kappa shape index (κ1) is 52.8. The molecule has 16 heteroatoms. The number of carbonyl (C=O) groups is 2. The van der Waals surface area contributed by atoms with Gasteiger partial charge in [0.15, 0.2) is 6.10 Å². The topological polar surface area (TPSA) is 216 Å². The Labute approximate surface area is 328 Å². The number of phosphoric acid groups is 2. The molecule has 5 atom stereocenters. The Hall–Kier alpha value is -2.22. The van der Waals surface area contributed by atoms with Gasteiger partial charge >= 0.3 is 27.6 Å². The first-order valence-electron chi connectivity index (χ1n) is 19.5. The van der Waals surface area contributed by atoms with Crippen molar-refractivity contribution in [2.75, 3.05) is 26.4 Å². The summed E-state index contributed by atoms with van der Waals surface area (Å²) in [5, 5.41) is 19.5. The van der Waals surface area contributed by atoms with Crippen LogP contribution in [-0.2, 0) is 41.8 Å². The molecule has 318 valence electrons. The second kappa shape index (κ2) is 33.9. The Kier molecular flexibility index (Phi) is 32.5. The van der Waals surface area contributed by atoms with Crippen LogP contribution in [0.1, 0.15) is 124 Å². The Morgan fingerprint density at radius 2 is 1.27 bits per heavy atom. The molecule has 0 aromatic rings. The molecule has 0 heterocycles. The molecule has 0 aliphatic heterocycles. The number of phosphoric ester groups is 2. The summed E-state index contributed by atoms with van der Waals surface area (Å²) in [6, 6.07) is 0. The molecule has 0 amide bonds. The Morgan fingerprint density at radius 3 is 1.96 bits per heavy atom. The molecule has 0 bridgehead atoms. The van der Waals surface area contributed by atoms with Crippen molar-refractivity contribution in [3.05, 3.63) is 60.8 Å². The summed E-state index contributed by atoms with van der Waals surface area (Å²) in [7, 11) is -9.69. The average molecular weight is 823 g/mol. The van der Waals surface area contributed by atoms with E-state index in [9.17, 15) is 33.8 Å². The standard InChI is InChI=1S/C39H68O14P2/c1-4-6-26-35(40)27-22-18-13-11-9-7-8-10-12-14-19-23-28-38(42)49-32-37(33-52-55(47,48)51-31-36(41)30-50-54(44,45)46)53-39(43)29-24-20-16-15-17-21-25-34(3)5-2/h6-8,11-14,18,22,26,34-37,40-41H,4-5,9-10,15-17,19-21,23-25,27-33H2,1-3H3,(H,47,48)(H2,44,45,46)/b8-7-,13-11-,14-12-,22-18+,26-6-/t34?,35?,36-,37+/m0/s1. The maximum absolute atomic E-state index is 12.6. The van der Waals surface area contributed by atoms with E-state index < -0.39 is 72.3 Å². The average Bonchev–Trinajstić information content (AvgIpc) is 3.14. The van der Waals surface area contributed by atoms with E-state index in [2.05, 4.69) is 22.9 Å². The van der Waals surface area contributed by atoms with Crippen molar-refractivity contribution in [3.8, 4) is 0 Å². The smallest absolute Gasteiger partial charge is 0.462 e. The van der Waals surface area contributed by atoms with Crippen LogP contribution in [0.2, 0.25) is 0 Å². The van der Waals surface area contributed by atoms with E-state index in [4.69, 9.17) is 23.8 Å². The van der Waals surface area contributed by atoms with E-state index in [0.29, 0.717) is 25.7 Å². The van der Waals surface area contributed by atoms with Gasteiger partial charge in [0, 0.05) is 12.8 Å². The summed E-state index contributed by atoms with van der Waals surface area (Å²) in [4.78, 5) is 52.4. The molecular weight excluding hydrogens is 754 g/mol. The van der Waals surface area contributed by atoms with Crippen molar-refractivity contribution >= 4 is 27.6 Å². The number of hydrogen-bond donors (Lipinski definition) is 5. The minimum Gasteiger partial charge on any atom is -0.462 e. The second-order valence-electron chi connectivity index (χ2n) is 13.3. The summed E-state index contributed by atoms with van der Waals surface area (Å²) in [6.45, 7) is 3.65. The second-order valence-corrected chi connectivity index (χ2v) is 16.0. The molecule has 0 rings (SSSR count). The van der Waals surface area contributed by atoms with Gasteiger partial charge in [-0.05, 0) is 50.9 Å². The van der Waals surface area contributed by atoms with Crippen LogP contribution in [0.25, 0.3) is 0 Å². The van der Waals surface area contributed by atoms with E-state index in [1.807, 2.05) is 61.6 Å². The molecule has 5 N–H and O–H groups in total. The molecule has 0 fully saturated rings. The van der Waals surface area contributed by atoms with Gasteiger partial charge in [-0.25, -0.2) is 9.13 Å². The summed E-state index contributed by atoms with van der Waals surface area (Å²) < 4.78 is 47.5. The van der Waals surface area contributed by atoms with Crippen LogP contribution in [-0.4, -0.2) is 81.6 Å². The van der Waals surface area contributed by atoms with Gasteiger partial charge in [-0.2, -0.15) is 0 Å². The van der Waals surface area contributed by atoms with E-state index in [1.165, 1.54) is 19.3 Å². The summed E-state index contributed by atoms with van der Waals surface area (Å²) in [5.74, 6) is -0.403. The highest BCUT2D eigenvalue weighted by Crippen LogP contribution is 2.43. The van der Waals surface area contributed by atoms with Gasteiger partial charge in [-0.1, -0.05) is 126 Å². The largest absolute Gasteiger partial charge is 0.472 e. The van der Waals surface area contributed by atoms with Crippen molar-refractivity contribution in [1.29, 1.82) is 0 Å². The molecule has 14 nitrogen and oxygen atoms in total. The number of carbonyl (C=O) groups excluding carboxylic acids is 2. The van der Waals surface area contributed by atoms with E-state index >= 15 is 0 Å². The van der Waals surface area contributed by atoms with E-state index in [0.717, 1.165) is 50.9 Å². The van der Waals surface area contributed by atoms with Gasteiger partial charge < -0.3 is 34.4 Å². The quantitative estimate of drug-likeness (QED) is 0.0134. The third-order valence-corrected chi connectivity index (χ3v) is 9.46. The molecule has 0 aliphatic rings. The van der Waals surface area contributed by atoms with Crippen molar-refractivity contribution in [1.82, 2.24) is 0 Å². The molecule has 0 aromatic carbocycles.